The molecule has 1 aliphatic carbocycles. The van der Waals surface area contributed by atoms with Gasteiger partial charge in [0, 0.05) is 58.6 Å². The van der Waals surface area contributed by atoms with Gasteiger partial charge in [-0.1, -0.05) is 60.7 Å². The summed E-state index contributed by atoms with van der Waals surface area (Å²) in [4.78, 5) is 36.6. The van der Waals surface area contributed by atoms with Crippen molar-refractivity contribution in [2.45, 2.75) is 56.5 Å². The standard InChI is InChI=1S/C28H31Cl2N5O2/c29-20-6-4-5-19(13-20)15-28(24-10-9-21(30)14-25(24)34-27(28)37)35(23-7-2-1-3-8-23)17-26(36)32-12-11-22-16-31-18-33-22/h4-6,9-10,13-14,16,18,23H,1-3,7-8,11-12,15,17H2,(H,31,33)(H,32,36)(H,34,37). The molecule has 194 valence electrons. The number of anilines is 1. The van der Waals surface area contributed by atoms with E-state index in [1.54, 1.807) is 18.6 Å². The molecule has 2 aromatic carbocycles. The van der Waals surface area contributed by atoms with Crippen LogP contribution in [0.5, 0.6) is 0 Å². The van der Waals surface area contributed by atoms with E-state index in [-0.39, 0.29) is 24.4 Å². The molecule has 9 heteroatoms. The van der Waals surface area contributed by atoms with Crippen LogP contribution >= 0.6 is 23.2 Å². The second kappa shape index (κ2) is 11.3. The molecule has 0 bridgehead atoms. The summed E-state index contributed by atoms with van der Waals surface area (Å²) in [6.07, 6.45) is 9.63. The molecular formula is C28H31Cl2N5O2. The van der Waals surface area contributed by atoms with E-state index in [1.165, 1.54) is 6.42 Å². The van der Waals surface area contributed by atoms with Crippen LogP contribution in [0.15, 0.2) is 55.0 Å². The number of nitrogens with zero attached hydrogens (tertiary/aromatic N) is 2. The average Bonchev–Trinajstić information content (AvgIpc) is 3.49. The third-order valence-electron chi connectivity index (χ3n) is 7.49. The van der Waals surface area contributed by atoms with Gasteiger partial charge < -0.3 is 15.6 Å². The lowest BCUT2D eigenvalue weighted by molar-refractivity contribution is -0.135. The predicted molar refractivity (Wildman–Crippen MR) is 146 cm³/mol. The Morgan fingerprint density at radius 1 is 1.11 bits per heavy atom. The third kappa shape index (κ3) is 5.54. The highest BCUT2D eigenvalue weighted by Crippen LogP contribution is 2.46. The fraction of sp³-hybridized carbons (Fsp3) is 0.393. The first-order chi connectivity index (χ1) is 18.0. The molecule has 2 heterocycles. The Labute approximate surface area is 226 Å². The number of carbonyl (C=O) groups excluding carboxylic acids is 2. The quantitative estimate of drug-likeness (QED) is 0.352. The van der Waals surface area contributed by atoms with E-state index in [2.05, 4.69) is 25.5 Å². The maximum atomic E-state index is 14.0. The number of imidazole rings is 1. The first-order valence-electron chi connectivity index (χ1n) is 12.8. The summed E-state index contributed by atoms with van der Waals surface area (Å²) >= 11 is 12.6. The molecule has 0 spiro atoms. The van der Waals surface area contributed by atoms with E-state index in [9.17, 15) is 9.59 Å². The lowest BCUT2D eigenvalue weighted by Crippen LogP contribution is -2.59. The summed E-state index contributed by atoms with van der Waals surface area (Å²) in [5.41, 5.74) is 2.37. The first-order valence-corrected chi connectivity index (χ1v) is 13.6. The third-order valence-corrected chi connectivity index (χ3v) is 7.96. The average molecular weight is 540 g/mol. The maximum absolute atomic E-state index is 14.0. The molecule has 7 nitrogen and oxygen atoms in total. The SMILES string of the molecule is O=C(CN(C1CCCCC1)C1(Cc2cccc(Cl)c2)C(=O)Nc2cc(Cl)ccc21)NCCc1cnc[nH]1. The lowest BCUT2D eigenvalue weighted by atomic mass is 9.80. The van der Waals surface area contributed by atoms with Gasteiger partial charge in [0.05, 0.1) is 12.9 Å². The monoisotopic (exact) mass is 539 g/mol. The molecule has 1 fully saturated rings. The Hall–Kier alpha value is -2.87. The van der Waals surface area contributed by atoms with Crippen LogP contribution in [-0.4, -0.2) is 45.8 Å². The number of carbonyl (C=O) groups is 2. The Morgan fingerprint density at radius 2 is 1.92 bits per heavy atom. The van der Waals surface area contributed by atoms with Crippen molar-refractivity contribution in [1.29, 1.82) is 0 Å². The summed E-state index contributed by atoms with van der Waals surface area (Å²) in [7, 11) is 0. The molecule has 1 aromatic heterocycles. The minimum atomic E-state index is -1.06. The van der Waals surface area contributed by atoms with Crippen LogP contribution in [0.1, 0.15) is 48.9 Å². The van der Waals surface area contributed by atoms with Crippen LogP contribution in [0, 0.1) is 0 Å². The van der Waals surface area contributed by atoms with Crippen LogP contribution in [0.4, 0.5) is 5.69 Å². The summed E-state index contributed by atoms with van der Waals surface area (Å²) in [5.74, 6) is -0.244. The fourth-order valence-corrected chi connectivity index (χ4v) is 6.16. The Morgan fingerprint density at radius 3 is 2.68 bits per heavy atom. The van der Waals surface area contributed by atoms with Crippen molar-refractivity contribution in [2.24, 2.45) is 0 Å². The summed E-state index contributed by atoms with van der Waals surface area (Å²) in [5, 5.41) is 7.30. The second-order valence-electron chi connectivity index (χ2n) is 9.91. The number of benzene rings is 2. The van der Waals surface area contributed by atoms with Gasteiger partial charge in [-0.25, -0.2) is 4.98 Å². The number of amides is 2. The van der Waals surface area contributed by atoms with Gasteiger partial charge in [-0.05, 0) is 42.7 Å². The highest BCUT2D eigenvalue weighted by atomic mass is 35.5. The highest BCUT2D eigenvalue weighted by molar-refractivity contribution is 6.31. The molecule has 1 atom stereocenters. The highest BCUT2D eigenvalue weighted by Gasteiger charge is 2.53. The zero-order chi connectivity index (χ0) is 25.8. The lowest BCUT2D eigenvalue weighted by Gasteiger charge is -2.45. The van der Waals surface area contributed by atoms with Crippen molar-refractivity contribution < 1.29 is 9.59 Å². The van der Waals surface area contributed by atoms with Crippen molar-refractivity contribution >= 4 is 40.7 Å². The smallest absolute Gasteiger partial charge is 0.249 e. The fourth-order valence-electron chi connectivity index (χ4n) is 5.77. The van der Waals surface area contributed by atoms with E-state index in [1.807, 2.05) is 36.4 Å². The Kier molecular flexibility index (Phi) is 7.84. The number of H-pyrrole nitrogens is 1. The van der Waals surface area contributed by atoms with E-state index >= 15 is 0 Å². The topological polar surface area (TPSA) is 90.1 Å². The Bertz CT molecular complexity index is 1260. The minimum absolute atomic E-state index is 0.0960. The molecule has 1 unspecified atom stereocenters. The van der Waals surface area contributed by atoms with Gasteiger partial charge in [-0.15, -0.1) is 0 Å². The van der Waals surface area contributed by atoms with Crippen LogP contribution in [0.2, 0.25) is 10.0 Å². The molecule has 37 heavy (non-hydrogen) atoms. The summed E-state index contributed by atoms with van der Waals surface area (Å²) in [6, 6.07) is 13.2. The van der Waals surface area contributed by atoms with Crippen molar-refractivity contribution in [3.8, 4) is 0 Å². The molecule has 3 N–H and O–H groups in total. The van der Waals surface area contributed by atoms with Gasteiger partial charge in [0.2, 0.25) is 11.8 Å². The van der Waals surface area contributed by atoms with Gasteiger partial charge >= 0.3 is 0 Å². The van der Waals surface area contributed by atoms with Crippen LogP contribution in [-0.2, 0) is 28.0 Å². The van der Waals surface area contributed by atoms with Gasteiger partial charge in [-0.2, -0.15) is 0 Å². The molecule has 5 rings (SSSR count). The van der Waals surface area contributed by atoms with Crippen molar-refractivity contribution in [3.63, 3.8) is 0 Å². The summed E-state index contributed by atoms with van der Waals surface area (Å²) < 4.78 is 0. The van der Waals surface area contributed by atoms with E-state index < -0.39 is 5.54 Å². The summed E-state index contributed by atoms with van der Waals surface area (Å²) in [6.45, 7) is 0.600. The molecule has 0 radical (unpaired) electrons. The first kappa shape index (κ1) is 25.8. The zero-order valence-corrected chi connectivity index (χ0v) is 22.1. The molecular weight excluding hydrogens is 509 g/mol. The molecule has 3 aromatic rings. The van der Waals surface area contributed by atoms with Crippen molar-refractivity contribution in [3.05, 3.63) is 81.9 Å². The van der Waals surface area contributed by atoms with Gasteiger partial charge in [0.1, 0.15) is 5.54 Å². The number of hydrogen-bond acceptors (Lipinski definition) is 4. The largest absolute Gasteiger partial charge is 0.355 e. The van der Waals surface area contributed by atoms with Crippen LogP contribution in [0.3, 0.4) is 0 Å². The molecule has 1 saturated carbocycles. The predicted octanol–water partition coefficient (Wildman–Crippen LogP) is 5.10. The minimum Gasteiger partial charge on any atom is -0.355 e. The molecule has 2 aliphatic rings. The number of rotatable bonds is 9. The van der Waals surface area contributed by atoms with Crippen LogP contribution < -0.4 is 10.6 Å². The van der Waals surface area contributed by atoms with Crippen LogP contribution in [0.25, 0.3) is 0 Å². The number of halogens is 2. The number of aromatic amines is 1. The van der Waals surface area contributed by atoms with E-state index in [0.717, 1.165) is 42.5 Å². The number of fused-ring (bicyclic) bond motifs is 1. The maximum Gasteiger partial charge on any atom is 0.249 e. The zero-order valence-electron chi connectivity index (χ0n) is 20.6. The molecule has 2 amide bonds. The second-order valence-corrected chi connectivity index (χ2v) is 10.8. The van der Waals surface area contributed by atoms with Gasteiger partial charge in [0.25, 0.3) is 0 Å². The normalized spacial score (nSPS) is 19.6. The van der Waals surface area contributed by atoms with Gasteiger partial charge in [0.15, 0.2) is 0 Å². The Balaban J connectivity index is 1.51. The molecule has 1 aliphatic heterocycles. The number of hydrogen-bond donors (Lipinski definition) is 3. The van der Waals surface area contributed by atoms with Crippen molar-refractivity contribution in [2.75, 3.05) is 18.4 Å². The van der Waals surface area contributed by atoms with Crippen molar-refractivity contribution in [1.82, 2.24) is 20.2 Å². The number of aromatic nitrogens is 2. The van der Waals surface area contributed by atoms with E-state index in [0.29, 0.717) is 35.1 Å². The number of nitrogens with one attached hydrogen (secondary N) is 3. The van der Waals surface area contributed by atoms with Gasteiger partial charge in [-0.3, -0.25) is 14.5 Å². The molecule has 0 saturated heterocycles. The van der Waals surface area contributed by atoms with E-state index in [4.69, 9.17) is 23.2 Å².